The number of esters is 1. The molecule has 0 radical (unpaired) electrons. The minimum absolute atomic E-state index is 0.0534. The number of hydrogen-bond donors (Lipinski definition) is 2. The van der Waals surface area contributed by atoms with Gasteiger partial charge in [0.25, 0.3) is 0 Å². The van der Waals surface area contributed by atoms with Crippen LogP contribution in [0.1, 0.15) is 29.2 Å². The molecule has 1 aliphatic heterocycles. The zero-order valence-corrected chi connectivity index (χ0v) is 15.7. The van der Waals surface area contributed by atoms with Crippen molar-refractivity contribution >= 4 is 17.7 Å². The SMILES string of the molecule is CNCc1ccc(N2C(=O)NCC2c2ccc(CCC(=O)OC)cc2)cc1. The first-order valence-electron chi connectivity index (χ1n) is 9.08. The second kappa shape index (κ2) is 8.68. The third-order valence-electron chi connectivity index (χ3n) is 4.78. The Labute approximate surface area is 159 Å². The smallest absolute Gasteiger partial charge is 0.322 e. The van der Waals surface area contributed by atoms with Gasteiger partial charge < -0.3 is 15.4 Å². The molecular weight excluding hydrogens is 342 g/mol. The Morgan fingerprint density at radius 1 is 1.15 bits per heavy atom. The molecule has 2 aromatic carbocycles. The largest absolute Gasteiger partial charge is 0.469 e. The molecule has 1 aliphatic rings. The minimum Gasteiger partial charge on any atom is -0.469 e. The number of methoxy groups -OCH3 is 1. The van der Waals surface area contributed by atoms with Crippen molar-refractivity contribution in [1.29, 1.82) is 0 Å². The molecule has 142 valence electrons. The molecule has 1 saturated heterocycles. The zero-order valence-electron chi connectivity index (χ0n) is 15.7. The molecule has 3 rings (SSSR count). The van der Waals surface area contributed by atoms with E-state index in [1.54, 1.807) is 4.90 Å². The number of urea groups is 1. The van der Waals surface area contributed by atoms with Crippen molar-refractivity contribution in [3.8, 4) is 0 Å². The number of aryl methyl sites for hydroxylation is 1. The molecule has 6 heteroatoms. The van der Waals surface area contributed by atoms with E-state index in [9.17, 15) is 9.59 Å². The number of rotatable bonds is 7. The van der Waals surface area contributed by atoms with E-state index in [4.69, 9.17) is 0 Å². The molecule has 1 unspecified atom stereocenters. The molecular formula is C21H25N3O3. The van der Waals surface area contributed by atoms with Gasteiger partial charge in [0, 0.05) is 25.2 Å². The van der Waals surface area contributed by atoms with Crippen molar-refractivity contribution in [3.05, 3.63) is 65.2 Å². The van der Waals surface area contributed by atoms with Crippen LogP contribution in [0.3, 0.4) is 0 Å². The van der Waals surface area contributed by atoms with Crippen molar-refractivity contribution in [1.82, 2.24) is 10.6 Å². The van der Waals surface area contributed by atoms with E-state index < -0.39 is 0 Å². The van der Waals surface area contributed by atoms with Gasteiger partial charge in [-0.2, -0.15) is 0 Å². The first kappa shape index (κ1) is 18.9. The van der Waals surface area contributed by atoms with Gasteiger partial charge in [0.1, 0.15) is 0 Å². The van der Waals surface area contributed by atoms with Crippen molar-refractivity contribution in [3.63, 3.8) is 0 Å². The summed E-state index contributed by atoms with van der Waals surface area (Å²) >= 11 is 0. The van der Waals surface area contributed by atoms with Crippen LogP contribution < -0.4 is 15.5 Å². The monoisotopic (exact) mass is 367 g/mol. The Kier molecular flexibility index (Phi) is 6.08. The number of ether oxygens (including phenoxy) is 1. The summed E-state index contributed by atoms with van der Waals surface area (Å²) in [6.07, 6.45) is 1.01. The average Bonchev–Trinajstić information content (AvgIpc) is 3.09. The molecule has 2 N–H and O–H groups in total. The fourth-order valence-electron chi connectivity index (χ4n) is 3.30. The van der Waals surface area contributed by atoms with Crippen LogP contribution in [0.2, 0.25) is 0 Å². The Bertz CT molecular complexity index is 787. The lowest BCUT2D eigenvalue weighted by molar-refractivity contribution is -0.140. The van der Waals surface area contributed by atoms with Gasteiger partial charge in [-0.3, -0.25) is 9.69 Å². The molecule has 2 amide bonds. The standard InChI is InChI=1S/C21H25N3O3/c1-22-13-16-5-10-18(11-6-16)24-19(14-23-21(24)26)17-8-3-15(4-9-17)7-12-20(25)27-2/h3-6,8-11,19,22H,7,12-14H2,1-2H3,(H,23,26). The van der Waals surface area contributed by atoms with Crippen LogP contribution >= 0.6 is 0 Å². The third-order valence-corrected chi connectivity index (χ3v) is 4.78. The van der Waals surface area contributed by atoms with Gasteiger partial charge in [-0.15, -0.1) is 0 Å². The predicted octanol–water partition coefficient (Wildman–Crippen LogP) is 2.78. The second-order valence-electron chi connectivity index (χ2n) is 6.59. The summed E-state index contributed by atoms with van der Waals surface area (Å²) in [5, 5.41) is 6.05. The lowest BCUT2D eigenvalue weighted by Crippen LogP contribution is -2.29. The number of benzene rings is 2. The Hall–Kier alpha value is -2.86. The maximum Gasteiger partial charge on any atom is 0.322 e. The van der Waals surface area contributed by atoms with Gasteiger partial charge in [-0.25, -0.2) is 4.79 Å². The van der Waals surface area contributed by atoms with E-state index in [1.165, 1.54) is 12.7 Å². The van der Waals surface area contributed by atoms with E-state index >= 15 is 0 Å². The molecule has 1 fully saturated rings. The van der Waals surface area contributed by atoms with Gasteiger partial charge in [0.15, 0.2) is 0 Å². The number of carbonyl (C=O) groups excluding carboxylic acids is 2. The second-order valence-corrected chi connectivity index (χ2v) is 6.59. The molecule has 0 saturated carbocycles. The van der Waals surface area contributed by atoms with Crippen LogP contribution in [0, 0.1) is 0 Å². The number of amides is 2. The van der Waals surface area contributed by atoms with E-state index in [2.05, 4.69) is 15.4 Å². The fourth-order valence-corrected chi connectivity index (χ4v) is 3.30. The van der Waals surface area contributed by atoms with Crippen molar-refractivity contribution < 1.29 is 14.3 Å². The predicted molar refractivity (Wildman–Crippen MR) is 105 cm³/mol. The van der Waals surface area contributed by atoms with Crippen LogP contribution in [0.4, 0.5) is 10.5 Å². The quantitative estimate of drug-likeness (QED) is 0.739. The number of carbonyl (C=O) groups is 2. The van der Waals surface area contributed by atoms with Crippen LogP contribution in [0.25, 0.3) is 0 Å². The summed E-state index contributed by atoms with van der Waals surface area (Å²) in [5.41, 5.74) is 4.19. The summed E-state index contributed by atoms with van der Waals surface area (Å²) in [6, 6.07) is 16.0. The van der Waals surface area contributed by atoms with Crippen LogP contribution in [-0.2, 0) is 22.5 Å². The van der Waals surface area contributed by atoms with Gasteiger partial charge in [0.05, 0.1) is 13.2 Å². The van der Waals surface area contributed by atoms with Gasteiger partial charge in [-0.1, -0.05) is 36.4 Å². The van der Waals surface area contributed by atoms with Crippen LogP contribution in [0.5, 0.6) is 0 Å². The Morgan fingerprint density at radius 3 is 2.44 bits per heavy atom. The molecule has 0 aromatic heterocycles. The molecule has 6 nitrogen and oxygen atoms in total. The number of anilines is 1. The van der Waals surface area contributed by atoms with Gasteiger partial charge in [-0.05, 0) is 42.3 Å². The maximum absolute atomic E-state index is 12.4. The summed E-state index contributed by atoms with van der Waals surface area (Å²) in [7, 11) is 3.31. The zero-order chi connectivity index (χ0) is 19.2. The molecule has 0 bridgehead atoms. The highest BCUT2D eigenvalue weighted by Gasteiger charge is 2.32. The molecule has 2 aromatic rings. The maximum atomic E-state index is 12.4. The molecule has 1 atom stereocenters. The van der Waals surface area contributed by atoms with Gasteiger partial charge >= 0.3 is 12.0 Å². The van der Waals surface area contributed by atoms with Crippen molar-refractivity contribution in [2.45, 2.75) is 25.4 Å². The van der Waals surface area contributed by atoms with E-state index in [0.717, 1.165) is 23.4 Å². The van der Waals surface area contributed by atoms with E-state index in [0.29, 0.717) is 19.4 Å². The highest BCUT2D eigenvalue weighted by molar-refractivity contribution is 5.95. The van der Waals surface area contributed by atoms with Gasteiger partial charge in [0.2, 0.25) is 0 Å². The molecule has 0 spiro atoms. The fraction of sp³-hybridized carbons (Fsp3) is 0.333. The summed E-state index contributed by atoms with van der Waals surface area (Å²) < 4.78 is 4.68. The third kappa shape index (κ3) is 4.46. The van der Waals surface area contributed by atoms with Crippen LogP contribution in [0.15, 0.2) is 48.5 Å². The normalized spacial score (nSPS) is 16.3. The first-order chi connectivity index (χ1) is 13.1. The molecule has 27 heavy (non-hydrogen) atoms. The summed E-state index contributed by atoms with van der Waals surface area (Å²) in [6.45, 7) is 1.36. The number of nitrogens with zero attached hydrogens (tertiary/aromatic N) is 1. The average molecular weight is 367 g/mol. The Balaban J connectivity index is 1.74. The Morgan fingerprint density at radius 2 is 1.81 bits per heavy atom. The lowest BCUT2D eigenvalue weighted by Gasteiger charge is -2.24. The number of hydrogen-bond acceptors (Lipinski definition) is 4. The summed E-state index contributed by atoms with van der Waals surface area (Å²) in [5.74, 6) is -0.211. The molecule has 0 aliphatic carbocycles. The highest BCUT2D eigenvalue weighted by atomic mass is 16.5. The van der Waals surface area contributed by atoms with Crippen molar-refractivity contribution in [2.75, 3.05) is 25.6 Å². The number of nitrogens with one attached hydrogen (secondary N) is 2. The van der Waals surface area contributed by atoms with Crippen LogP contribution in [-0.4, -0.2) is 32.7 Å². The summed E-state index contributed by atoms with van der Waals surface area (Å²) in [4.78, 5) is 25.5. The highest BCUT2D eigenvalue weighted by Crippen LogP contribution is 2.31. The lowest BCUT2D eigenvalue weighted by atomic mass is 10.0. The van der Waals surface area contributed by atoms with E-state index in [1.807, 2.05) is 55.6 Å². The topological polar surface area (TPSA) is 70.7 Å². The molecule has 1 heterocycles. The van der Waals surface area contributed by atoms with E-state index in [-0.39, 0.29) is 18.0 Å². The first-order valence-corrected chi connectivity index (χ1v) is 9.08. The van der Waals surface area contributed by atoms with Crippen molar-refractivity contribution in [2.24, 2.45) is 0 Å². The minimum atomic E-state index is -0.211.